The van der Waals surface area contributed by atoms with Crippen molar-refractivity contribution in [1.82, 2.24) is 0 Å². The molecule has 1 aliphatic rings. The van der Waals surface area contributed by atoms with E-state index in [1.807, 2.05) is 6.92 Å². The zero-order valence-electron chi connectivity index (χ0n) is 11.0. The summed E-state index contributed by atoms with van der Waals surface area (Å²) in [5.74, 6) is -2.83. The Balaban J connectivity index is 2.24. The van der Waals surface area contributed by atoms with E-state index in [9.17, 15) is 17.2 Å². The fourth-order valence-corrected chi connectivity index (χ4v) is 3.92. The maximum Gasteiger partial charge on any atom is 0.297 e. The summed E-state index contributed by atoms with van der Waals surface area (Å²) in [6, 6.07) is 4.81. The van der Waals surface area contributed by atoms with Crippen molar-refractivity contribution < 1.29 is 21.4 Å². The summed E-state index contributed by atoms with van der Waals surface area (Å²) in [6.07, 6.45) is -1.13. The fourth-order valence-electron chi connectivity index (χ4n) is 2.49. The summed E-state index contributed by atoms with van der Waals surface area (Å²) in [7, 11) is -4.01. The smallest absolute Gasteiger partial charge is 0.260 e. The van der Waals surface area contributed by atoms with Crippen molar-refractivity contribution in [2.45, 2.75) is 50.0 Å². The lowest BCUT2D eigenvalue weighted by Gasteiger charge is -2.43. The highest BCUT2D eigenvalue weighted by atomic mass is 32.2. The van der Waals surface area contributed by atoms with Gasteiger partial charge in [0.05, 0.1) is 10.5 Å². The zero-order chi connectivity index (χ0) is 14.5. The van der Waals surface area contributed by atoms with Gasteiger partial charge in [0.1, 0.15) is 0 Å². The molecule has 2 rings (SSSR count). The lowest BCUT2D eigenvalue weighted by atomic mass is 9.78. The molecule has 19 heavy (non-hydrogen) atoms. The second-order valence-electron chi connectivity index (χ2n) is 5.47. The Bertz CT molecular complexity index is 600. The van der Waals surface area contributed by atoms with E-state index in [2.05, 4.69) is 0 Å². The molecule has 0 amide bonds. The number of rotatable bonds is 3. The summed E-state index contributed by atoms with van der Waals surface area (Å²) in [5, 5.41) is 0. The van der Waals surface area contributed by atoms with Crippen LogP contribution in [0.5, 0.6) is 0 Å². The molecule has 0 radical (unpaired) electrons. The number of hydrogen-bond donors (Lipinski definition) is 0. The summed E-state index contributed by atoms with van der Waals surface area (Å²) < 4.78 is 55.0. The molecule has 1 fully saturated rings. The molecule has 1 aromatic carbocycles. The second kappa shape index (κ2) is 4.24. The van der Waals surface area contributed by atoms with E-state index < -0.39 is 34.5 Å². The Hall–Kier alpha value is -1.01. The molecule has 1 saturated carbocycles. The molecule has 0 atom stereocenters. The highest BCUT2D eigenvalue weighted by molar-refractivity contribution is 7.86. The van der Waals surface area contributed by atoms with Gasteiger partial charge in [0, 0.05) is 12.8 Å². The third kappa shape index (κ3) is 2.95. The number of hydrogen-bond acceptors (Lipinski definition) is 3. The first-order chi connectivity index (χ1) is 8.53. The van der Waals surface area contributed by atoms with Gasteiger partial charge in [0.25, 0.3) is 16.0 Å². The van der Waals surface area contributed by atoms with Gasteiger partial charge < -0.3 is 0 Å². The fraction of sp³-hybridized carbons (Fsp3) is 0.538. The van der Waals surface area contributed by atoms with Crippen LogP contribution in [-0.4, -0.2) is 19.9 Å². The average molecular weight is 290 g/mol. The van der Waals surface area contributed by atoms with Gasteiger partial charge in [-0.15, -0.1) is 0 Å². The van der Waals surface area contributed by atoms with Crippen molar-refractivity contribution in [3.05, 3.63) is 29.3 Å². The van der Waals surface area contributed by atoms with Gasteiger partial charge in [-0.3, -0.25) is 4.18 Å². The molecule has 0 N–H and O–H groups in total. The minimum Gasteiger partial charge on any atom is -0.260 e. The Morgan fingerprint density at radius 3 is 2.26 bits per heavy atom. The Morgan fingerprint density at radius 2 is 1.79 bits per heavy atom. The molecule has 3 nitrogen and oxygen atoms in total. The summed E-state index contributed by atoms with van der Waals surface area (Å²) in [5.41, 5.74) is 0.173. The molecule has 106 valence electrons. The number of benzene rings is 1. The zero-order valence-corrected chi connectivity index (χ0v) is 11.9. The van der Waals surface area contributed by atoms with Crippen LogP contribution >= 0.6 is 0 Å². The molecular weight excluding hydrogens is 274 g/mol. The molecule has 0 unspecified atom stereocenters. The number of alkyl halides is 2. The summed E-state index contributed by atoms with van der Waals surface area (Å²) >= 11 is 0. The highest BCUT2D eigenvalue weighted by Gasteiger charge is 2.57. The first kappa shape index (κ1) is 14.4. The van der Waals surface area contributed by atoms with E-state index >= 15 is 0 Å². The molecule has 1 aromatic rings. The standard InChI is InChI=1S/C13H16F2O3S/c1-9-4-5-11(10(2)6-9)19(16,17)18-12(3)7-13(14,15)8-12/h4-6H,7-8H2,1-3H3. The topological polar surface area (TPSA) is 43.4 Å². The van der Waals surface area contributed by atoms with Crippen LogP contribution in [-0.2, 0) is 14.3 Å². The molecule has 0 saturated heterocycles. The Labute approximate surface area is 111 Å². The maximum atomic E-state index is 12.9. The van der Waals surface area contributed by atoms with Gasteiger partial charge in [-0.25, -0.2) is 8.78 Å². The van der Waals surface area contributed by atoms with Crippen molar-refractivity contribution in [1.29, 1.82) is 0 Å². The Morgan fingerprint density at radius 1 is 1.21 bits per heavy atom. The van der Waals surface area contributed by atoms with Gasteiger partial charge in [0.15, 0.2) is 0 Å². The van der Waals surface area contributed by atoms with E-state index in [0.717, 1.165) is 5.56 Å². The quantitative estimate of drug-likeness (QED) is 0.803. The van der Waals surface area contributed by atoms with Gasteiger partial charge in [-0.1, -0.05) is 17.7 Å². The van der Waals surface area contributed by atoms with Crippen molar-refractivity contribution in [2.75, 3.05) is 0 Å². The molecule has 6 heteroatoms. The normalized spacial score (nSPS) is 20.9. The van der Waals surface area contributed by atoms with Gasteiger partial charge in [-0.05, 0) is 32.4 Å². The van der Waals surface area contributed by atoms with E-state index in [1.165, 1.54) is 13.0 Å². The summed E-state index contributed by atoms with van der Waals surface area (Å²) in [4.78, 5) is 0.0366. The summed E-state index contributed by atoms with van der Waals surface area (Å²) in [6.45, 7) is 4.89. The third-order valence-electron chi connectivity index (χ3n) is 3.18. The van der Waals surface area contributed by atoms with Crippen molar-refractivity contribution >= 4 is 10.1 Å². The molecule has 1 aliphatic carbocycles. The highest BCUT2D eigenvalue weighted by Crippen LogP contribution is 2.48. The van der Waals surface area contributed by atoms with Gasteiger partial charge >= 0.3 is 0 Å². The first-order valence-electron chi connectivity index (χ1n) is 5.94. The van der Waals surface area contributed by atoms with Gasteiger partial charge in [0.2, 0.25) is 0 Å². The minimum atomic E-state index is -4.01. The lowest BCUT2D eigenvalue weighted by molar-refractivity contribution is -0.181. The molecule has 0 heterocycles. The van der Waals surface area contributed by atoms with Crippen LogP contribution < -0.4 is 0 Å². The van der Waals surface area contributed by atoms with Crippen LogP contribution in [0, 0.1) is 13.8 Å². The SMILES string of the molecule is Cc1ccc(S(=O)(=O)OC2(C)CC(F)(F)C2)c(C)c1. The predicted octanol–water partition coefficient (Wildman–Crippen LogP) is 3.20. The second-order valence-corrected chi connectivity index (χ2v) is 6.98. The molecule has 0 aromatic heterocycles. The molecular formula is C13H16F2O3S. The molecule has 0 spiro atoms. The lowest BCUT2D eigenvalue weighted by Crippen LogP contribution is -2.52. The van der Waals surface area contributed by atoms with Crippen LogP contribution in [0.2, 0.25) is 0 Å². The maximum absolute atomic E-state index is 12.9. The van der Waals surface area contributed by atoms with Crippen LogP contribution in [0.3, 0.4) is 0 Å². The molecule has 0 aliphatic heterocycles. The van der Waals surface area contributed by atoms with Gasteiger partial charge in [-0.2, -0.15) is 8.42 Å². The van der Waals surface area contributed by atoms with E-state index in [1.54, 1.807) is 19.1 Å². The van der Waals surface area contributed by atoms with Crippen LogP contribution in [0.15, 0.2) is 23.1 Å². The predicted molar refractivity (Wildman–Crippen MR) is 66.8 cm³/mol. The van der Waals surface area contributed by atoms with Crippen molar-refractivity contribution in [3.63, 3.8) is 0 Å². The average Bonchev–Trinajstić information content (AvgIpc) is 2.10. The van der Waals surface area contributed by atoms with Crippen LogP contribution in [0.1, 0.15) is 30.9 Å². The minimum absolute atomic E-state index is 0.0366. The molecule has 0 bridgehead atoms. The van der Waals surface area contributed by atoms with Crippen molar-refractivity contribution in [3.8, 4) is 0 Å². The van der Waals surface area contributed by atoms with E-state index in [0.29, 0.717) is 5.56 Å². The first-order valence-corrected chi connectivity index (χ1v) is 7.35. The Kier molecular flexibility index (Phi) is 3.22. The largest absolute Gasteiger partial charge is 0.297 e. The third-order valence-corrected chi connectivity index (χ3v) is 4.79. The van der Waals surface area contributed by atoms with Crippen molar-refractivity contribution in [2.24, 2.45) is 0 Å². The number of halogens is 2. The number of aryl methyl sites for hydroxylation is 2. The van der Waals surface area contributed by atoms with E-state index in [4.69, 9.17) is 4.18 Å². The van der Waals surface area contributed by atoms with E-state index in [-0.39, 0.29) is 4.90 Å². The monoisotopic (exact) mass is 290 g/mol. The van der Waals surface area contributed by atoms with Crippen LogP contribution in [0.4, 0.5) is 8.78 Å². The van der Waals surface area contributed by atoms with Crippen LogP contribution in [0.25, 0.3) is 0 Å².